The molecule has 2 rings (SSSR count). The van der Waals surface area contributed by atoms with Gasteiger partial charge in [-0.1, -0.05) is 6.07 Å². The standard InChI is InChI=1S/C18H13F6N3O2/c19-17(20,21)10-29-15-5-4-14(6-11(15)8-25)27-16(28)9-26-13-3-1-2-12(7-13)18(22,23)24/h1-7,26H,9-10H2,(H,27,28). The highest BCUT2D eigenvalue weighted by atomic mass is 19.4. The molecule has 2 aromatic carbocycles. The van der Waals surface area contributed by atoms with Gasteiger partial charge in [-0.3, -0.25) is 4.79 Å². The van der Waals surface area contributed by atoms with Gasteiger partial charge in [0.1, 0.15) is 11.8 Å². The zero-order valence-electron chi connectivity index (χ0n) is 14.5. The first kappa shape index (κ1) is 21.9. The van der Waals surface area contributed by atoms with Crippen LogP contribution in [0.25, 0.3) is 0 Å². The third kappa shape index (κ3) is 6.91. The van der Waals surface area contributed by atoms with E-state index in [2.05, 4.69) is 15.4 Å². The highest BCUT2D eigenvalue weighted by molar-refractivity contribution is 5.94. The molecule has 5 nitrogen and oxygen atoms in total. The van der Waals surface area contributed by atoms with Crippen LogP contribution in [-0.4, -0.2) is 25.2 Å². The average Bonchev–Trinajstić information content (AvgIpc) is 2.64. The molecule has 0 aromatic heterocycles. The zero-order valence-corrected chi connectivity index (χ0v) is 14.5. The van der Waals surface area contributed by atoms with Crippen molar-refractivity contribution in [3.8, 4) is 11.8 Å². The maximum Gasteiger partial charge on any atom is 0.422 e. The van der Waals surface area contributed by atoms with E-state index in [1.54, 1.807) is 6.07 Å². The van der Waals surface area contributed by atoms with Gasteiger partial charge in [-0.2, -0.15) is 31.6 Å². The van der Waals surface area contributed by atoms with E-state index in [9.17, 15) is 31.1 Å². The third-order valence-electron chi connectivity index (χ3n) is 3.42. The van der Waals surface area contributed by atoms with Crippen molar-refractivity contribution in [2.24, 2.45) is 0 Å². The Bertz CT molecular complexity index is 919. The molecule has 0 saturated carbocycles. The second-order valence-corrected chi connectivity index (χ2v) is 5.71. The number of hydrogen-bond acceptors (Lipinski definition) is 4. The Kier molecular flexibility index (Phi) is 6.58. The number of nitrogens with one attached hydrogen (secondary N) is 2. The summed E-state index contributed by atoms with van der Waals surface area (Å²) < 4.78 is 79.2. The van der Waals surface area contributed by atoms with Crippen LogP contribution in [0.5, 0.6) is 5.75 Å². The van der Waals surface area contributed by atoms with Crippen molar-refractivity contribution in [2.45, 2.75) is 12.4 Å². The van der Waals surface area contributed by atoms with E-state index in [4.69, 9.17) is 5.26 Å². The number of hydrogen-bond donors (Lipinski definition) is 2. The molecule has 2 aromatic rings. The number of nitriles is 1. The van der Waals surface area contributed by atoms with E-state index < -0.39 is 30.4 Å². The van der Waals surface area contributed by atoms with Crippen molar-refractivity contribution in [1.29, 1.82) is 5.26 Å². The van der Waals surface area contributed by atoms with Gasteiger partial charge in [0.15, 0.2) is 6.61 Å². The molecule has 29 heavy (non-hydrogen) atoms. The first-order valence-corrected chi connectivity index (χ1v) is 7.92. The molecule has 0 atom stereocenters. The molecule has 0 fully saturated rings. The van der Waals surface area contributed by atoms with Gasteiger partial charge in [-0.15, -0.1) is 0 Å². The summed E-state index contributed by atoms with van der Waals surface area (Å²) in [7, 11) is 0. The second kappa shape index (κ2) is 8.72. The minimum absolute atomic E-state index is 0.0728. The molecular formula is C18H13F6N3O2. The summed E-state index contributed by atoms with van der Waals surface area (Å²) in [6.07, 6.45) is -9.10. The van der Waals surface area contributed by atoms with Crippen LogP contribution < -0.4 is 15.4 Å². The Morgan fingerprint density at radius 3 is 2.38 bits per heavy atom. The predicted molar refractivity (Wildman–Crippen MR) is 91.3 cm³/mol. The van der Waals surface area contributed by atoms with E-state index in [1.165, 1.54) is 18.2 Å². The number of amides is 1. The molecule has 0 aliphatic rings. The van der Waals surface area contributed by atoms with Crippen LogP contribution in [0.15, 0.2) is 42.5 Å². The Morgan fingerprint density at radius 1 is 1.03 bits per heavy atom. The number of carbonyl (C=O) groups excluding carboxylic acids is 1. The minimum Gasteiger partial charge on any atom is -0.483 e. The minimum atomic E-state index is -4.57. The van der Waals surface area contributed by atoms with Crippen LogP contribution >= 0.6 is 0 Å². The van der Waals surface area contributed by atoms with Crippen LogP contribution in [0.4, 0.5) is 37.7 Å². The molecule has 2 N–H and O–H groups in total. The molecule has 1 amide bonds. The molecule has 0 unspecified atom stereocenters. The molecule has 11 heteroatoms. The van der Waals surface area contributed by atoms with Crippen molar-refractivity contribution in [1.82, 2.24) is 0 Å². The lowest BCUT2D eigenvalue weighted by Gasteiger charge is -2.13. The predicted octanol–water partition coefficient (Wildman–Crippen LogP) is 4.57. The van der Waals surface area contributed by atoms with Crippen molar-refractivity contribution >= 4 is 17.3 Å². The Balaban J connectivity index is 1.98. The number of ether oxygens (including phenoxy) is 1. The van der Waals surface area contributed by atoms with Gasteiger partial charge in [-0.05, 0) is 36.4 Å². The summed E-state index contributed by atoms with van der Waals surface area (Å²) in [5.41, 5.74) is -0.922. The normalized spacial score (nSPS) is 11.5. The SMILES string of the molecule is N#Cc1cc(NC(=O)CNc2cccc(C(F)(F)F)c2)ccc1OCC(F)(F)F. The van der Waals surface area contributed by atoms with E-state index in [0.29, 0.717) is 0 Å². The van der Waals surface area contributed by atoms with E-state index in [0.717, 1.165) is 24.3 Å². The van der Waals surface area contributed by atoms with Gasteiger partial charge in [0.05, 0.1) is 17.7 Å². The molecule has 0 aliphatic carbocycles. The van der Waals surface area contributed by atoms with Crippen LogP contribution in [-0.2, 0) is 11.0 Å². The van der Waals surface area contributed by atoms with E-state index >= 15 is 0 Å². The van der Waals surface area contributed by atoms with Gasteiger partial charge in [0.2, 0.25) is 5.91 Å². The van der Waals surface area contributed by atoms with Crippen molar-refractivity contribution in [3.63, 3.8) is 0 Å². The molecule has 154 valence electrons. The van der Waals surface area contributed by atoms with Gasteiger partial charge in [-0.25, -0.2) is 0 Å². The third-order valence-corrected chi connectivity index (χ3v) is 3.42. The monoisotopic (exact) mass is 417 g/mol. The lowest BCUT2D eigenvalue weighted by molar-refractivity contribution is -0.153. The number of anilines is 2. The van der Waals surface area contributed by atoms with E-state index in [1.807, 2.05) is 0 Å². The van der Waals surface area contributed by atoms with Crippen molar-refractivity contribution < 1.29 is 35.9 Å². The Hall–Kier alpha value is -3.42. The smallest absolute Gasteiger partial charge is 0.422 e. The molecule has 0 radical (unpaired) electrons. The molecular weight excluding hydrogens is 404 g/mol. The fourth-order valence-electron chi connectivity index (χ4n) is 2.17. The summed E-state index contributed by atoms with van der Waals surface area (Å²) in [5.74, 6) is -0.944. The topological polar surface area (TPSA) is 74.2 Å². The number of nitrogens with zero attached hydrogens (tertiary/aromatic N) is 1. The molecule has 0 bridgehead atoms. The maximum absolute atomic E-state index is 12.7. The van der Waals surface area contributed by atoms with Gasteiger partial charge < -0.3 is 15.4 Å². The van der Waals surface area contributed by atoms with Crippen LogP contribution in [0, 0.1) is 11.3 Å². The Labute approximate surface area is 160 Å². The number of carbonyl (C=O) groups is 1. The number of halogens is 6. The zero-order chi connectivity index (χ0) is 21.7. The van der Waals surface area contributed by atoms with Crippen molar-refractivity contribution in [2.75, 3.05) is 23.8 Å². The first-order valence-electron chi connectivity index (χ1n) is 7.92. The van der Waals surface area contributed by atoms with Crippen LogP contribution in [0.2, 0.25) is 0 Å². The summed E-state index contributed by atoms with van der Waals surface area (Å²) in [5, 5.41) is 13.9. The molecule has 0 aliphatic heterocycles. The number of alkyl halides is 6. The fraction of sp³-hybridized carbons (Fsp3) is 0.222. The Morgan fingerprint density at radius 2 is 1.76 bits per heavy atom. The van der Waals surface area contributed by atoms with Gasteiger partial charge >= 0.3 is 12.4 Å². The molecule has 0 spiro atoms. The second-order valence-electron chi connectivity index (χ2n) is 5.71. The van der Waals surface area contributed by atoms with Crippen LogP contribution in [0.1, 0.15) is 11.1 Å². The summed E-state index contributed by atoms with van der Waals surface area (Å²) in [6.45, 7) is -1.95. The maximum atomic E-state index is 12.7. The van der Waals surface area contributed by atoms with Crippen LogP contribution in [0.3, 0.4) is 0 Å². The van der Waals surface area contributed by atoms with Gasteiger partial charge in [0.25, 0.3) is 0 Å². The van der Waals surface area contributed by atoms with Gasteiger partial charge in [0, 0.05) is 11.4 Å². The van der Waals surface area contributed by atoms with Crippen molar-refractivity contribution in [3.05, 3.63) is 53.6 Å². The fourth-order valence-corrected chi connectivity index (χ4v) is 2.17. The average molecular weight is 417 g/mol. The highest BCUT2D eigenvalue weighted by Gasteiger charge is 2.30. The molecule has 0 heterocycles. The summed E-state index contributed by atoms with van der Waals surface area (Å²) in [6, 6.07) is 9.36. The summed E-state index contributed by atoms with van der Waals surface area (Å²) >= 11 is 0. The highest BCUT2D eigenvalue weighted by Crippen LogP contribution is 2.30. The molecule has 0 saturated heterocycles. The lowest BCUT2D eigenvalue weighted by atomic mass is 10.2. The first-order chi connectivity index (χ1) is 13.5. The number of rotatable bonds is 6. The lowest BCUT2D eigenvalue weighted by Crippen LogP contribution is -2.22. The summed E-state index contributed by atoms with van der Waals surface area (Å²) in [4.78, 5) is 12.0. The largest absolute Gasteiger partial charge is 0.483 e. The quantitative estimate of drug-likeness (QED) is 0.676. The van der Waals surface area contributed by atoms with E-state index in [-0.39, 0.29) is 29.2 Å². The number of benzene rings is 2.